The average Bonchev–Trinajstić information content (AvgIpc) is 2.65. The van der Waals surface area contributed by atoms with Crippen LogP contribution in [-0.4, -0.2) is 19.0 Å². The molecular weight excluding hydrogens is 344 g/mol. The molecule has 0 bridgehead atoms. The van der Waals surface area contributed by atoms with Gasteiger partial charge in [-0.1, -0.05) is 47.5 Å². The Kier molecular flexibility index (Phi) is 5.65. The zero-order valence-electron chi connectivity index (χ0n) is 19.2. The Morgan fingerprint density at radius 1 is 1.18 bits per heavy atom. The Bertz CT molecular complexity index is 722. The van der Waals surface area contributed by atoms with Gasteiger partial charge in [0.1, 0.15) is 0 Å². The van der Waals surface area contributed by atoms with Crippen LogP contribution in [0.5, 0.6) is 0 Å². The van der Waals surface area contributed by atoms with Crippen molar-refractivity contribution in [3.05, 3.63) is 11.6 Å². The summed E-state index contributed by atoms with van der Waals surface area (Å²) in [6, 6.07) is 0. The van der Waals surface area contributed by atoms with Gasteiger partial charge in [0.25, 0.3) is 0 Å². The molecule has 2 heteroatoms. The molecule has 5 unspecified atom stereocenters. The van der Waals surface area contributed by atoms with E-state index in [1.54, 1.807) is 0 Å². The molecule has 0 spiro atoms. The van der Waals surface area contributed by atoms with Crippen molar-refractivity contribution in [1.29, 1.82) is 0 Å². The largest absolute Gasteiger partial charge is 0.381 e. The van der Waals surface area contributed by atoms with Crippen LogP contribution in [0.2, 0.25) is 0 Å². The lowest BCUT2D eigenvalue weighted by molar-refractivity contribution is -0.188. The van der Waals surface area contributed by atoms with E-state index in [0.717, 1.165) is 44.9 Å². The van der Waals surface area contributed by atoms with Crippen LogP contribution in [0.3, 0.4) is 0 Å². The Hall–Kier alpha value is -1.07. The maximum Gasteiger partial charge on any atom is 0.155 e. The molecule has 3 aliphatic rings. The van der Waals surface area contributed by atoms with Crippen molar-refractivity contribution in [3.63, 3.8) is 0 Å². The summed E-state index contributed by atoms with van der Waals surface area (Å²) in [6.45, 7) is 14.1. The van der Waals surface area contributed by atoms with Gasteiger partial charge in [-0.05, 0) is 72.3 Å². The minimum Gasteiger partial charge on any atom is -0.381 e. The van der Waals surface area contributed by atoms with Gasteiger partial charge in [0, 0.05) is 20.0 Å². The quantitative estimate of drug-likeness (QED) is 0.530. The number of allylic oxidation sites excluding steroid dienone is 2. The molecule has 0 heterocycles. The number of ether oxygens (including phenoxy) is 1. The molecule has 0 aromatic heterocycles. The third-order valence-electron chi connectivity index (χ3n) is 9.22. The number of hydrogen-bond donors (Lipinski definition) is 0. The minimum absolute atomic E-state index is 0.00757. The molecule has 0 N–H and O–H groups in total. The third-order valence-corrected chi connectivity index (χ3v) is 9.22. The van der Waals surface area contributed by atoms with E-state index < -0.39 is 0 Å². The van der Waals surface area contributed by atoms with E-state index in [0.29, 0.717) is 18.1 Å². The van der Waals surface area contributed by atoms with Crippen LogP contribution < -0.4 is 0 Å². The summed E-state index contributed by atoms with van der Waals surface area (Å²) in [6.07, 6.45) is 10.3. The van der Waals surface area contributed by atoms with Crippen LogP contribution in [0.25, 0.3) is 0 Å². The molecule has 2 fully saturated rings. The molecule has 3 aliphatic carbocycles. The van der Waals surface area contributed by atoms with Crippen molar-refractivity contribution >= 4 is 5.78 Å². The van der Waals surface area contributed by atoms with E-state index in [1.807, 2.05) is 13.2 Å². The van der Waals surface area contributed by atoms with Crippen LogP contribution >= 0.6 is 0 Å². The summed E-state index contributed by atoms with van der Waals surface area (Å²) in [7, 11) is 1.87. The number of hydrogen-bond acceptors (Lipinski definition) is 2. The maximum atomic E-state index is 12.6. The fourth-order valence-corrected chi connectivity index (χ4v) is 6.86. The first kappa shape index (κ1) is 21.6. The topological polar surface area (TPSA) is 26.3 Å². The van der Waals surface area contributed by atoms with Crippen molar-refractivity contribution in [2.45, 2.75) is 99.0 Å². The van der Waals surface area contributed by atoms with Gasteiger partial charge < -0.3 is 4.74 Å². The van der Waals surface area contributed by atoms with Crippen LogP contribution in [0.15, 0.2) is 11.6 Å². The average molecular weight is 385 g/mol. The molecule has 2 saturated carbocycles. The van der Waals surface area contributed by atoms with Gasteiger partial charge >= 0.3 is 0 Å². The molecule has 0 radical (unpaired) electrons. The highest BCUT2D eigenvalue weighted by atomic mass is 16.5. The summed E-state index contributed by atoms with van der Waals surface area (Å²) in [5, 5.41) is 0. The summed E-state index contributed by atoms with van der Waals surface area (Å²) < 4.78 is 6.02. The number of carbonyl (C=O) groups excluding carboxylic acids is 1. The monoisotopic (exact) mass is 384 g/mol. The summed E-state index contributed by atoms with van der Waals surface area (Å²) in [5.41, 5.74) is 1.49. The highest BCUT2D eigenvalue weighted by Crippen LogP contribution is 2.72. The summed E-state index contributed by atoms with van der Waals surface area (Å²) in [5.74, 6) is 8.13. The molecule has 5 atom stereocenters. The lowest BCUT2D eigenvalue weighted by atomic mass is 9.36. The van der Waals surface area contributed by atoms with Crippen molar-refractivity contribution in [3.8, 4) is 11.8 Å². The zero-order chi connectivity index (χ0) is 20.8. The zero-order valence-corrected chi connectivity index (χ0v) is 19.2. The Morgan fingerprint density at radius 3 is 2.50 bits per heavy atom. The molecular formula is C26H40O2. The second kappa shape index (κ2) is 7.32. The second-order valence-corrected chi connectivity index (χ2v) is 10.7. The van der Waals surface area contributed by atoms with E-state index in [-0.39, 0.29) is 27.8 Å². The van der Waals surface area contributed by atoms with Gasteiger partial charge in [0.05, 0.1) is 11.5 Å². The van der Waals surface area contributed by atoms with E-state index in [2.05, 4.69) is 53.4 Å². The minimum atomic E-state index is -0.0916. The molecule has 2 nitrogen and oxygen atoms in total. The normalized spacial score (nSPS) is 42.9. The first-order valence-electron chi connectivity index (χ1n) is 11.4. The molecule has 0 aliphatic heterocycles. The van der Waals surface area contributed by atoms with Gasteiger partial charge in [-0.2, -0.15) is 0 Å². The SMILES string of the molecule is CCC1(C)C(OC)CCC2(C)C3=CC(=O)CCC3(C#CCC(C)C)CCC21C. The lowest BCUT2D eigenvalue weighted by Crippen LogP contribution is -2.63. The Morgan fingerprint density at radius 2 is 1.89 bits per heavy atom. The van der Waals surface area contributed by atoms with Gasteiger partial charge in [0.2, 0.25) is 0 Å². The fraction of sp³-hybridized carbons (Fsp3) is 0.808. The molecule has 3 rings (SSSR count). The fourth-order valence-electron chi connectivity index (χ4n) is 6.86. The number of carbonyl (C=O) groups is 1. The molecule has 0 saturated heterocycles. The van der Waals surface area contributed by atoms with Crippen LogP contribution in [0.4, 0.5) is 0 Å². The van der Waals surface area contributed by atoms with E-state index in [1.165, 1.54) is 5.57 Å². The predicted octanol–water partition coefficient (Wildman–Crippen LogP) is 6.34. The Balaban J connectivity index is 2.13. The standard InChI is InChI=1S/C26H40O2/c1-8-23(4)22(28-7)12-14-24(5)21-18-20(27)11-15-26(21,13-9-10-19(2)3)17-16-25(23,24)6/h18-19,22H,8,10-12,14-17H2,1-7H3. The molecule has 0 amide bonds. The molecule has 28 heavy (non-hydrogen) atoms. The van der Waals surface area contributed by atoms with Crippen LogP contribution in [0, 0.1) is 39.4 Å². The van der Waals surface area contributed by atoms with Gasteiger partial charge in [-0.3, -0.25) is 4.79 Å². The maximum absolute atomic E-state index is 12.6. The van der Waals surface area contributed by atoms with Crippen molar-refractivity contribution in [2.24, 2.45) is 27.6 Å². The van der Waals surface area contributed by atoms with E-state index in [4.69, 9.17) is 4.74 Å². The van der Waals surface area contributed by atoms with Gasteiger partial charge in [0.15, 0.2) is 5.78 Å². The summed E-state index contributed by atoms with van der Waals surface area (Å²) in [4.78, 5) is 12.6. The van der Waals surface area contributed by atoms with Crippen molar-refractivity contribution in [1.82, 2.24) is 0 Å². The highest BCUT2D eigenvalue weighted by Gasteiger charge is 2.66. The second-order valence-electron chi connectivity index (χ2n) is 10.7. The van der Waals surface area contributed by atoms with Gasteiger partial charge in [-0.15, -0.1) is 5.92 Å². The Labute approximate surface area is 172 Å². The van der Waals surface area contributed by atoms with Crippen molar-refractivity contribution < 1.29 is 9.53 Å². The first-order chi connectivity index (χ1) is 13.1. The third kappa shape index (κ3) is 2.92. The number of methoxy groups -OCH3 is 1. The van der Waals surface area contributed by atoms with Gasteiger partial charge in [-0.25, -0.2) is 0 Å². The van der Waals surface area contributed by atoms with E-state index >= 15 is 0 Å². The van der Waals surface area contributed by atoms with Crippen LogP contribution in [-0.2, 0) is 9.53 Å². The number of ketones is 1. The smallest absolute Gasteiger partial charge is 0.155 e. The molecule has 0 aromatic carbocycles. The van der Waals surface area contributed by atoms with Crippen LogP contribution in [0.1, 0.15) is 92.9 Å². The van der Waals surface area contributed by atoms with E-state index in [9.17, 15) is 4.79 Å². The number of rotatable bonds is 3. The highest BCUT2D eigenvalue weighted by molar-refractivity contribution is 5.92. The molecule has 0 aromatic rings. The predicted molar refractivity (Wildman–Crippen MR) is 116 cm³/mol. The first-order valence-corrected chi connectivity index (χ1v) is 11.4. The lowest BCUT2D eigenvalue weighted by Gasteiger charge is -2.68. The molecule has 156 valence electrons. The summed E-state index contributed by atoms with van der Waals surface area (Å²) >= 11 is 0. The number of fused-ring (bicyclic) bond motifs is 3. The van der Waals surface area contributed by atoms with Crippen molar-refractivity contribution in [2.75, 3.05) is 7.11 Å².